The molecule has 21 heavy (non-hydrogen) atoms. The molecule has 0 saturated carbocycles. The number of hydrogen-bond acceptors (Lipinski definition) is 5. The van der Waals surface area contributed by atoms with E-state index in [9.17, 15) is 12.8 Å². The molecule has 9 heteroatoms. The number of aryl methyl sites for hydroxylation is 1. The first-order valence-electron chi connectivity index (χ1n) is 5.92. The van der Waals surface area contributed by atoms with E-state index in [1.807, 2.05) is 0 Å². The van der Waals surface area contributed by atoms with Crippen molar-refractivity contribution < 1.29 is 17.2 Å². The molecule has 3 N–H and O–H groups in total. The summed E-state index contributed by atoms with van der Waals surface area (Å²) in [4.78, 5) is 3.40. The molecular formula is C12H13BrFN3O3S. The summed E-state index contributed by atoms with van der Waals surface area (Å²) >= 11 is 3.13. The van der Waals surface area contributed by atoms with Crippen LogP contribution in [0.25, 0.3) is 0 Å². The van der Waals surface area contributed by atoms with Crippen molar-refractivity contribution in [3.05, 3.63) is 45.8 Å². The molecule has 0 atom stereocenters. The van der Waals surface area contributed by atoms with Gasteiger partial charge in [-0.2, -0.15) is 0 Å². The lowest BCUT2D eigenvalue weighted by atomic mass is 10.2. The maximum atomic E-state index is 14.1. The Morgan fingerprint density at radius 3 is 2.76 bits per heavy atom. The number of nitrogens with two attached hydrogens (primary N) is 1. The van der Waals surface area contributed by atoms with Crippen molar-refractivity contribution in [3.63, 3.8) is 0 Å². The Bertz CT molecular complexity index is 761. The van der Waals surface area contributed by atoms with Crippen LogP contribution in [0.1, 0.15) is 17.2 Å². The summed E-state index contributed by atoms with van der Waals surface area (Å²) in [5.74, 6) is -0.106. The molecule has 0 amide bonds. The van der Waals surface area contributed by atoms with Gasteiger partial charge in [0, 0.05) is 16.6 Å². The van der Waals surface area contributed by atoms with Crippen molar-refractivity contribution in [1.82, 2.24) is 9.71 Å². The van der Waals surface area contributed by atoms with Gasteiger partial charge in [0.25, 0.3) is 0 Å². The fraction of sp³-hybridized carbons (Fsp3) is 0.250. The maximum Gasteiger partial charge on any atom is 0.244 e. The summed E-state index contributed by atoms with van der Waals surface area (Å²) in [6.45, 7) is 1.42. The first-order valence-corrected chi connectivity index (χ1v) is 8.20. The minimum Gasteiger partial charge on any atom is -0.445 e. The number of sulfonamides is 1. The molecule has 0 saturated heterocycles. The van der Waals surface area contributed by atoms with Gasteiger partial charge in [-0.1, -0.05) is 15.9 Å². The zero-order valence-electron chi connectivity index (χ0n) is 11.1. The first-order chi connectivity index (χ1) is 9.83. The van der Waals surface area contributed by atoms with Gasteiger partial charge in [0.05, 0.1) is 12.7 Å². The second kappa shape index (κ2) is 6.22. The molecule has 0 bridgehead atoms. The van der Waals surface area contributed by atoms with Gasteiger partial charge in [-0.05, 0) is 19.1 Å². The van der Waals surface area contributed by atoms with E-state index in [1.165, 1.54) is 18.3 Å². The average molecular weight is 378 g/mol. The Labute approximate surface area is 129 Å². The lowest BCUT2D eigenvalue weighted by Crippen LogP contribution is -2.25. The third-order valence-corrected chi connectivity index (χ3v) is 4.53. The number of nitrogens with zero attached hydrogens (tertiary/aromatic N) is 1. The van der Waals surface area contributed by atoms with Crippen LogP contribution in [0, 0.1) is 12.7 Å². The van der Waals surface area contributed by atoms with E-state index in [0.717, 1.165) is 0 Å². The first kappa shape index (κ1) is 16.1. The molecule has 6 nitrogen and oxygen atoms in total. The normalized spacial score (nSPS) is 11.8. The molecule has 0 spiro atoms. The number of rotatable bonds is 5. The summed E-state index contributed by atoms with van der Waals surface area (Å²) in [7, 11) is -4.05. The van der Waals surface area contributed by atoms with Crippen LogP contribution in [0.15, 0.2) is 32.1 Å². The molecule has 1 heterocycles. The highest BCUT2D eigenvalue weighted by Gasteiger charge is 2.22. The monoisotopic (exact) mass is 377 g/mol. The summed E-state index contributed by atoms with van der Waals surface area (Å²) in [6.07, 6.45) is 1.47. The van der Waals surface area contributed by atoms with Gasteiger partial charge >= 0.3 is 0 Å². The predicted molar refractivity (Wildman–Crippen MR) is 77.3 cm³/mol. The van der Waals surface area contributed by atoms with E-state index >= 15 is 0 Å². The SMILES string of the molecule is Cc1cnc(CNS(=O)(=O)c2cc(Br)cc(CN)c2F)o1. The van der Waals surface area contributed by atoms with E-state index in [1.54, 1.807) is 6.92 Å². The average Bonchev–Trinajstić information content (AvgIpc) is 2.84. The quantitative estimate of drug-likeness (QED) is 0.827. The molecule has 0 aliphatic carbocycles. The van der Waals surface area contributed by atoms with Gasteiger partial charge in [0.1, 0.15) is 16.5 Å². The van der Waals surface area contributed by atoms with Crippen LogP contribution in [0.4, 0.5) is 4.39 Å². The molecule has 1 aromatic carbocycles. The highest BCUT2D eigenvalue weighted by atomic mass is 79.9. The van der Waals surface area contributed by atoms with Crippen molar-refractivity contribution in [3.8, 4) is 0 Å². The molecule has 0 radical (unpaired) electrons. The van der Waals surface area contributed by atoms with Gasteiger partial charge in [-0.3, -0.25) is 0 Å². The number of hydrogen-bond donors (Lipinski definition) is 2. The molecule has 0 aliphatic rings. The molecule has 1 aromatic heterocycles. The van der Waals surface area contributed by atoms with Crippen molar-refractivity contribution in [1.29, 1.82) is 0 Å². The molecule has 114 valence electrons. The number of aromatic nitrogens is 1. The Balaban J connectivity index is 2.29. The highest BCUT2D eigenvalue weighted by molar-refractivity contribution is 9.10. The van der Waals surface area contributed by atoms with Crippen LogP contribution in [-0.4, -0.2) is 13.4 Å². The highest BCUT2D eigenvalue weighted by Crippen LogP contribution is 2.24. The van der Waals surface area contributed by atoms with Crippen molar-refractivity contribution in [2.75, 3.05) is 0 Å². The number of halogens is 2. The van der Waals surface area contributed by atoms with E-state index in [4.69, 9.17) is 10.2 Å². The predicted octanol–water partition coefficient (Wildman–Crippen LogP) is 1.82. The van der Waals surface area contributed by atoms with Crippen LogP contribution in [-0.2, 0) is 23.1 Å². The zero-order chi connectivity index (χ0) is 15.6. The van der Waals surface area contributed by atoms with Gasteiger partial charge < -0.3 is 10.2 Å². The second-order valence-corrected chi connectivity index (χ2v) is 6.92. The lowest BCUT2D eigenvalue weighted by molar-refractivity contribution is 0.462. The summed E-state index contributed by atoms with van der Waals surface area (Å²) in [5, 5.41) is 0. The van der Waals surface area contributed by atoms with Gasteiger partial charge in [0.15, 0.2) is 0 Å². The number of benzene rings is 1. The summed E-state index contributed by atoms with van der Waals surface area (Å²) in [6, 6.07) is 2.61. The van der Waals surface area contributed by atoms with Gasteiger partial charge in [0.2, 0.25) is 15.9 Å². The van der Waals surface area contributed by atoms with Crippen molar-refractivity contribution in [2.45, 2.75) is 24.9 Å². The van der Waals surface area contributed by atoms with Crippen molar-refractivity contribution >= 4 is 26.0 Å². The minimum absolute atomic E-state index is 0.104. The third kappa shape index (κ3) is 3.67. The number of nitrogens with one attached hydrogen (secondary N) is 1. The third-order valence-electron chi connectivity index (χ3n) is 2.67. The van der Waals surface area contributed by atoms with Crippen molar-refractivity contribution in [2.24, 2.45) is 5.73 Å². The second-order valence-electron chi connectivity index (χ2n) is 4.27. The fourth-order valence-electron chi connectivity index (χ4n) is 1.68. The van der Waals surface area contributed by atoms with E-state index in [2.05, 4.69) is 25.6 Å². The van der Waals surface area contributed by atoms with E-state index in [-0.39, 0.29) is 24.5 Å². The number of oxazole rings is 1. The van der Waals surface area contributed by atoms with Crippen LogP contribution < -0.4 is 10.5 Å². The molecule has 2 aromatic rings. The molecule has 0 aliphatic heterocycles. The zero-order valence-corrected chi connectivity index (χ0v) is 13.5. The topological polar surface area (TPSA) is 98.2 Å². The summed E-state index contributed by atoms with van der Waals surface area (Å²) < 4.78 is 46.3. The Morgan fingerprint density at radius 2 is 2.19 bits per heavy atom. The Morgan fingerprint density at radius 1 is 1.48 bits per heavy atom. The largest absolute Gasteiger partial charge is 0.445 e. The van der Waals surface area contributed by atoms with Crippen LogP contribution in [0.3, 0.4) is 0 Å². The molecular weight excluding hydrogens is 365 g/mol. The Hall–Kier alpha value is -1.29. The maximum absolute atomic E-state index is 14.1. The van der Waals surface area contributed by atoms with E-state index in [0.29, 0.717) is 10.2 Å². The lowest BCUT2D eigenvalue weighted by Gasteiger charge is -2.09. The summed E-state index contributed by atoms with van der Waals surface area (Å²) in [5.41, 5.74) is 5.51. The molecule has 2 rings (SSSR count). The van der Waals surface area contributed by atoms with Crippen LogP contribution >= 0.6 is 15.9 Å². The standard InChI is InChI=1S/C12H13BrFN3O3S/c1-7-5-16-11(20-7)6-17-21(18,19)10-3-9(13)2-8(4-15)12(10)14/h2-3,5,17H,4,6,15H2,1H3. The van der Waals surface area contributed by atoms with Gasteiger partial charge in [-0.15, -0.1) is 0 Å². The smallest absolute Gasteiger partial charge is 0.244 e. The molecule has 0 fully saturated rings. The van der Waals surface area contributed by atoms with Gasteiger partial charge in [-0.25, -0.2) is 22.5 Å². The van der Waals surface area contributed by atoms with Crippen LogP contribution in [0.2, 0.25) is 0 Å². The Kier molecular flexibility index (Phi) is 4.77. The van der Waals surface area contributed by atoms with Crippen LogP contribution in [0.5, 0.6) is 0 Å². The fourth-order valence-corrected chi connectivity index (χ4v) is 3.45. The van der Waals surface area contributed by atoms with E-state index < -0.39 is 20.7 Å². The minimum atomic E-state index is -4.05. The molecule has 0 unspecified atom stereocenters.